The van der Waals surface area contributed by atoms with Gasteiger partial charge in [-0.15, -0.1) is 22.7 Å². The zero-order valence-electron chi connectivity index (χ0n) is 9.51. The normalized spacial score (nSPS) is 11.0. The summed E-state index contributed by atoms with van der Waals surface area (Å²) in [5.41, 5.74) is 0. The van der Waals surface area contributed by atoms with Gasteiger partial charge in [0.05, 0.1) is 5.39 Å². The standard InChI is InChI=1S/C12H9ClN2OS2/c1-7-5-9-10(14-12(13)15-11(9)18-7)16-6-8-3-2-4-17-8/h2-5H,6H2,1H3. The maximum Gasteiger partial charge on any atom is 0.227 e. The number of halogens is 1. The fraction of sp³-hybridized carbons (Fsp3) is 0.167. The lowest BCUT2D eigenvalue weighted by Gasteiger charge is -2.04. The third kappa shape index (κ3) is 2.34. The summed E-state index contributed by atoms with van der Waals surface area (Å²) in [6.45, 7) is 2.54. The number of nitrogens with zero attached hydrogens (tertiary/aromatic N) is 2. The van der Waals surface area contributed by atoms with E-state index in [1.807, 2.05) is 30.5 Å². The molecule has 0 N–H and O–H groups in total. The van der Waals surface area contributed by atoms with Crippen LogP contribution >= 0.6 is 34.3 Å². The van der Waals surface area contributed by atoms with Crippen molar-refractivity contribution in [2.45, 2.75) is 13.5 Å². The third-order valence-electron chi connectivity index (χ3n) is 2.38. The van der Waals surface area contributed by atoms with Crippen LogP contribution in [-0.4, -0.2) is 9.97 Å². The summed E-state index contributed by atoms with van der Waals surface area (Å²) in [5, 5.41) is 3.18. The summed E-state index contributed by atoms with van der Waals surface area (Å²) in [6.07, 6.45) is 0. The molecule has 3 aromatic heterocycles. The highest BCUT2D eigenvalue weighted by molar-refractivity contribution is 7.18. The predicted molar refractivity (Wildman–Crippen MR) is 75.8 cm³/mol. The number of ether oxygens (including phenoxy) is 1. The van der Waals surface area contributed by atoms with Crippen LogP contribution in [0.15, 0.2) is 23.6 Å². The molecule has 0 aliphatic heterocycles. The molecule has 0 aromatic carbocycles. The largest absolute Gasteiger partial charge is 0.471 e. The van der Waals surface area contributed by atoms with Crippen LogP contribution in [0.2, 0.25) is 5.28 Å². The van der Waals surface area contributed by atoms with Gasteiger partial charge in [0.1, 0.15) is 11.4 Å². The minimum absolute atomic E-state index is 0.227. The molecule has 3 rings (SSSR count). The number of fused-ring (bicyclic) bond motifs is 1. The van der Waals surface area contributed by atoms with Gasteiger partial charge < -0.3 is 4.74 Å². The van der Waals surface area contributed by atoms with Crippen molar-refractivity contribution in [2.24, 2.45) is 0 Å². The topological polar surface area (TPSA) is 35.0 Å². The van der Waals surface area contributed by atoms with Gasteiger partial charge in [-0.25, -0.2) is 4.98 Å². The van der Waals surface area contributed by atoms with Gasteiger partial charge in [0.2, 0.25) is 11.2 Å². The van der Waals surface area contributed by atoms with Crippen molar-refractivity contribution < 1.29 is 4.74 Å². The van der Waals surface area contributed by atoms with Crippen LogP contribution in [0, 0.1) is 6.92 Å². The molecule has 0 unspecified atom stereocenters. The summed E-state index contributed by atoms with van der Waals surface area (Å²) >= 11 is 9.15. The van der Waals surface area contributed by atoms with Crippen LogP contribution in [0.5, 0.6) is 5.88 Å². The molecule has 0 spiro atoms. The highest BCUT2D eigenvalue weighted by Gasteiger charge is 2.11. The Labute approximate surface area is 117 Å². The number of thiophene rings is 2. The van der Waals surface area contributed by atoms with Gasteiger partial charge in [-0.2, -0.15) is 4.98 Å². The average Bonchev–Trinajstić information content (AvgIpc) is 2.93. The van der Waals surface area contributed by atoms with Crippen molar-refractivity contribution in [3.05, 3.63) is 38.6 Å². The highest BCUT2D eigenvalue weighted by Crippen LogP contribution is 2.31. The van der Waals surface area contributed by atoms with E-state index in [0.29, 0.717) is 12.5 Å². The van der Waals surface area contributed by atoms with Crippen molar-refractivity contribution in [2.75, 3.05) is 0 Å². The minimum atomic E-state index is 0.227. The molecule has 3 nitrogen and oxygen atoms in total. The molecular formula is C12H9ClN2OS2. The summed E-state index contributed by atoms with van der Waals surface area (Å²) in [6, 6.07) is 6.06. The Bertz CT molecular complexity index is 679. The molecule has 0 atom stereocenters. The average molecular weight is 297 g/mol. The van der Waals surface area contributed by atoms with Gasteiger partial charge >= 0.3 is 0 Å². The smallest absolute Gasteiger partial charge is 0.227 e. The Balaban J connectivity index is 1.95. The number of hydrogen-bond acceptors (Lipinski definition) is 5. The van der Waals surface area contributed by atoms with E-state index in [0.717, 1.165) is 15.1 Å². The lowest BCUT2D eigenvalue weighted by molar-refractivity contribution is 0.301. The van der Waals surface area contributed by atoms with E-state index in [1.165, 1.54) is 4.88 Å². The maximum absolute atomic E-state index is 5.90. The molecule has 0 aliphatic carbocycles. The lowest BCUT2D eigenvalue weighted by atomic mass is 10.3. The molecule has 3 aromatic rings. The van der Waals surface area contributed by atoms with Gasteiger partial charge in [0, 0.05) is 9.75 Å². The first-order valence-electron chi connectivity index (χ1n) is 5.31. The SMILES string of the molecule is Cc1cc2c(OCc3cccs3)nc(Cl)nc2s1. The van der Waals surface area contributed by atoms with Crippen LogP contribution < -0.4 is 4.74 Å². The van der Waals surface area contributed by atoms with Crippen LogP contribution in [0.3, 0.4) is 0 Å². The summed E-state index contributed by atoms with van der Waals surface area (Å²) in [7, 11) is 0. The Morgan fingerprint density at radius 3 is 3.06 bits per heavy atom. The quantitative estimate of drug-likeness (QED) is 0.676. The Hall–Kier alpha value is -1.17. The first-order valence-corrected chi connectivity index (χ1v) is 7.38. The minimum Gasteiger partial charge on any atom is -0.471 e. The lowest BCUT2D eigenvalue weighted by Crippen LogP contribution is -1.96. The molecule has 92 valence electrons. The molecule has 0 fully saturated rings. The van der Waals surface area contributed by atoms with Gasteiger partial charge in [-0.1, -0.05) is 6.07 Å². The third-order valence-corrected chi connectivity index (χ3v) is 4.35. The van der Waals surface area contributed by atoms with E-state index < -0.39 is 0 Å². The Kier molecular flexibility index (Phi) is 3.20. The molecule has 0 bridgehead atoms. The number of hydrogen-bond donors (Lipinski definition) is 0. The number of aryl methyl sites for hydroxylation is 1. The Morgan fingerprint density at radius 1 is 1.39 bits per heavy atom. The molecule has 3 heterocycles. The van der Waals surface area contributed by atoms with Crippen LogP contribution in [0.4, 0.5) is 0 Å². The van der Waals surface area contributed by atoms with Crippen molar-refractivity contribution in [3.63, 3.8) is 0 Å². The van der Waals surface area contributed by atoms with E-state index in [1.54, 1.807) is 22.7 Å². The zero-order valence-corrected chi connectivity index (χ0v) is 11.9. The maximum atomic E-state index is 5.90. The van der Waals surface area contributed by atoms with Crippen LogP contribution in [0.1, 0.15) is 9.75 Å². The molecule has 0 aliphatic rings. The molecule has 0 saturated carbocycles. The number of rotatable bonds is 3. The monoisotopic (exact) mass is 296 g/mol. The number of aromatic nitrogens is 2. The van der Waals surface area contributed by atoms with Crippen molar-refractivity contribution in [1.29, 1.82) is 0 Å². The summed E-state index contributed by atoms with van der Waals surface area (Å²) in [5.74, 6) is 0.558. The molecule has 6 heteroatoms. The van der Waals surface area contributed by atoms with E-state index >= 15 is 0 Å². The van der Waals surface area contributed by atoms with Gasteiger partial charge in [0.15, 0.2) is 0 Å². The summed E-state index contributed by atoms with van der Waals surface area (Å²) < 4.78 is 5.74. The first kappa shape index (κ1) is 11.9. The Morgan fingerprint density at radius 2 is 2.28 bits per heavy atom. The van der Waals surface area contributed by atoms with Crippen molar-refractivity contribution >= 4 is 44.5 Å². The van der Waals surface area contributed by atoms with Gasteiger partial charge in [-0.3, -0.25) is 0 Å². The molecule has 18 heavy (non-hydrogen) atoms. The van der Waals surface area contributed by atoms with Gasteiger partial charge in [-0.05, 0) is 36.0 Å². The fourth-order valence-corrected chi connectivity index (χ4v) is 3.33. The van der Waals surface area contributed by atoms with E-state index in [9.17, 15) is 0 Å². The van der Waals surface area contributed by atoms with E-state index in [-0.39, 0.29) is 5.28 Å². The molecule has 0 amide bonds. The molecule has 0 saturated heterocycles. The highest BCUT2D eigenvalue weighted by atomic mass is 35.5. The van der Waals surface area contributed by atoms with E-state index in [2.05, 4.69) is 9.97 Å². The fourth-order valence-electron chi connectivity index (χ4n) is 1.64. The van der Waals surface area contributed by atoms with Gasteiger partial charge in [0.25, 0.3) is 0 Å². The predicted octanol–water partition coefficient (Wildman–Crippen LogP) is 4.29. The van der Waals surface area contributed by atoms with Crippen LogP contribution in [-0.2, 0) is 6.61 Å². The van der Waals surface area contributed by atoms with Crippen molar-refractivity contribution in [1.82, 2.24) is 9.97 Å². The summed E-state index contributed by atoms with van der Waals surface area (Å²) in [4.78, 5) is 11.6. The van der Waals surface area contributed by atoms with E-state index in [4.69, 9.17) is 16.3 Å². The molecular weight excluding hydrogens is 288 g/mol. The second kappa shape index (κ2) is 4.84. The first-order chi connectivity index (χ1) is 8.72. The second-order valence-corrected chi connectivity index (χ2v) is 6.35. The van der Waals surface area contributed by atoms with Crippen LogP contribution in [0.25, 0.3) is 10.2 Å². The molecule has 0 radical (unpaired) electrons. The second-order valence-electron chi connectivity index (χ2n) is 3.74. The zero-order chi connectivity index (χ0) is 12.5. The van der Waals surface area contributed by atoms with Crippen molar-refractivity contribution in [3.8, 4) is 5.88 Å².